The minimum absolute atomic E-state index is 0.102. The summed E-state index contributed by atoms with van der Waals surface area (Å²) in [4.78, 5) is 44.2. The molecular formula is C19H34N2O6. The molecule has 1 rings (SSSR count). The fourth-order valence-corrected chi connectivity index (χ4v) is 2.38. The third-order valence-electron chi connectivity index (χ3n) is 3.98. The number of rotatable bonds is 8. The van der Waals surface area contributed by atoms with Gasteiger partial charge in [-0.2, -0.15) is 5.06 Å². The highest BCUT2D eigenvalue weighted by molar-refractivity contribution is 5.86. The van der Waals surface area contributed by atoms with Crippen LogP contribution < -0.4 is 0 Å². The highest BCUT2D eigenvalue weighted by atomic mass is 16.7. The summed E-state index contributed by atoms with van der Waals surface area (Å²) in [5.41, 5.74) is -0.676. The van der Waals surface area contributed by atoms with E-state index < -0.39 is 29.6 Å². The van der Waals surface area contributed by atoms with Crippen LogP contribution in [0, 0.1) is 11.8 Å². The fraction of sp³-hybridized carbons (Fsp3) is 0.842. The molecule has 0 aliphatic heterocycles. The van der Waals surface area contributed by atoms with Crippen LogP contribution in [0.4, 0.5) is 4.79 Å². The van der Waals surface area contributed by atoms with Gasteiger partial charge in [0.15, 0.2) is 0 Å². The van der Waals surface area contributed by atoms with Crippen molar-refractivity contribution in [3.05, 3.63) is 0 Å². The van der Waals surface area contributed by atoms with Gasteiger partial charge in [0.2, 0.25) is 0 Å². The smallest absolute Gasteiger partial charge is 0.410 e. The van der Waals surface area contributed by atoms with E-state index in [-0.39, 0.29) is 25.0 Å². The van der Waals surface area contributed by atoms with Crippen LogP contribution in [-0.4, -0.2) is 66.9 Å². The Hall–Kier alpha value is -1.83. The molecule has 27 heavy (non-hydrogen) atoms. The van der Waals surface area contributed by atoms with Crippen molar-refractivity contribution in [1.82, 2.24) is 9.96 Å². The molecule has 0 heterocycles. The number of hydroxylamine groups is 2. The topological polar surface area (TPSA) is 85.4 Å². The molecule has 0 aromatic carbocycles. The van der Waals surface area contributed by atoms with Crippen molar-refractivity contribution in [2.24, 2.45) is 11.8 Å². The number of carbonyl (C=O) groups is 3. The van der Waals surface area contributed by atoms with E-state index in [0.29, 0.717) is 6.42 Å². The number of likely N-dealkylation sites (N-methyl/N-ethyl adjacent to an activating group) is 1. The first-order chi connectivity index (χ1) is 12.5. The normalized spacial score (nSPS) is 15.3. The third kappa shape index (κ3) is 8.15. The zero-order valence-corrected chi connectivity index (χ0v) is 17.6. The van der Waals surface area contributed by atoms with Crippen LogP contribution in [0.5, 0.6) is 0 Å². The second-order valence-corrected chi connectivity index (χ2v) is 8.35. The van der Waals surface area contributed by atoms with E-state index >= 15 is 0 Å². The van der Waals surface area contributed by atoms with Crippen LogP contribution >= 0.6 is 0 Å². The Morgan fingerprint density at radius 1 is 1.15 bits per heavy atom. The minimum atomic E-state index is -0.802. The molecule has 0 unspecified atom stereocenters. The molecule has 0 bridgehead atoms. The minimum Gasteiger partial charge on any atom is -0.444 e. The lowest BCUT2D eigenvalue weighted by Crippen LogP contribution is -2.52. The zero-order chi connectivity index (χ0) is 20.8. The van der Waals surface area contributed by atoms with Gasteiger partial charge in [-0.25, -0.2) is 9.59 Å². The van der Waals surface area contributed by atoms with Crippen molar-refractivity contribution in [2.45, 2.75) is 65.5 Å². The van der Waals surface area contributed by atoms with Gasteiger partial charge in [-0.05, 0) is 46.0 Å². The first-order valence-corrected chi connectivity index (χ1v) is 9.44. The predicted molar refractivity (Wildman–Crippen MR) is 99.6 cm³/mol. The number of carbonyl (C=O) groups excluding carboxylic acids is 3. The third-order valence-corrected chi connectivity index (χ3v) is 3.98. The molecule has 0 spiro atoms. The molecule has 1 aliphatic carbocycles. The van der Waals surface area contributed by atoms with E-state index in [0.717, 1.165) is 17.9 Å². The maximum atomic E-state index is 13.1. The van der Waals surface area contributed by atoms with Crippen LogP contribution in [0.25, 0.3) is 0 Å². The number of nitrogens with zero attached hydrogens (tertiary/aromatic N) is 2. The monoisotopic (exact) mass is 386 g/mol. The Kier molecular flexibility index (Phi) is 8.53. The summed E-state index contributed by atoms with van der Waals surface area (Å²) in [6.45, 7) is 9.53. The first kappa shape index (κ1) is 23.2. The van der Waals surface area contributed by atoms with Crippen LogP contribution in [0.2, 0.25) is 0 Å². The molecule has 0 N–H and O–H groups in total. The highest BCUT2D eigenvalue weighted by Gasteiger charge is 2.38. The molecular weight excluding hydrogens is 352 g/mol. The maximum absolute atomic E-state index is 13.1. The molecule has 1 saturated carbocycles. The van der Waals surface area contributed by atoms with Crippen molar-refractivity contribution >= 4 is 18.0 Å². The first-order valence-electron chi connectivity index (χ1n) is 9.44. The van der Waals surface area contributed by atoms with Crippen molar-refractivity contribution < 1.29 is 28.7 Å². The standard InChI is InChI=1S/C19H34N2O6/c1-13(2)12-15(20(6)18(24)26-19(3,4)5)16(22)21(10-11-25-7)27-17(23)14-8-9-14/h13-15H,8-12H2,1-7H3/t15-/m0/s1. The molecule has 0 saturated heterocycles. The van der Waals surface area contributed by atoms with E-state index in [1.807, 2.05) is 13.8 Å². The Balaban J connectivity index is 2.95. The number of ether oxygens (including phenoxy) is 2. The Labute approximate surface area is 162 Å². The number of hydrogen-bond donors (Lipinski definition) is 0. The van der Waals surface area contributed by atoms with Crippen molar-refractivity contribution in [2.75, 3.05) is 27.3 Å². The lowest BCUT2D eigenvalue weighted by Gasteiger charge is -2.33. The lowest BCUT2D eigenvalue weighted by molar-refractivity contribution is -0.204. The molecule has 0 aromatic rings. The number of hydrogen-bond acceptors (Lipinski definition) is 6. The highest BCUT2D eigenvalue weighted by Crippen LogP contribution is 2.30. The summed E-state index contributed by atoms with van der Waals surface area (Å²) >= 11 is 0. The molecule has 0 aromatic heterocycles. The summed E-state index contributed by atoms with van der Waals surface area (Å²) in [5, 5.41) is 1.03. The SMILES string of the molecule is COCCN(OC(=O)C1CC1)C(=O)[C@H](CC(C)C)N(C)C(=O)OC(C)(C)C. The second kappa shape index (κ2) is 9.92. The molecule has 1 aliphatic rings. The van der Waals surface area contributed by atoms with Gasteiger partial charge in [0, 0.05) is 14.2 Å². The summed E-state index contributed by atoms with van der Waals surface area (Å²) in [7, 11) is 3.03. The van der Waals surface area contributed by atoms with E-state index in [1.54, 1.807) is 20.8 Å². The summed E-state index contributed by atoms with van der Waals surface area (Å²) in [6, 6.07) is -0.802. The molecule has 1 fully saturated rings. The Morgan fingerprint density at radius 3 is 2.19 bits per heavy atom. The lowest BCUT2D eigenvalue weighted by atomic mass is 10.0. The quantitative estimate of drug-likeness (QED) is 0.596. The van der Waals surface area contributed by atoms with Gasteiger partial charge in [-0.1, -0.05) is 13.8 Å². The van der Waals surface area contributed by atoms with Gasteiger partial charge >= 0.3 is 12.1 Å². The van der Waals surface area contributed by atoms with E-state index in [4.69, 9.17) is 14.3 Å². The van der Waals surface area contributed by atoms with Crippen molar-refractivity contribution in [1.29, 1.82) is 0 Å². The molecule has 8 nitrogen and oxygen atoms in total. The second-order valence-electron chi connectivity index (χ2n) is 8.35. The average Bonchev–Trinajstić information content (AvgIpc) is 3.38. The molecule has 8 heteroatoms. The van der Waals surface area contributed by atoms with Crippen LogP contribution in [0.15, 0.2) is 0 Å². The summed E-state index contributed by atoms with van der Waals surface area (Å²) in [5.74, 6) is -0.868. The van der Waals surface area contributed by atoms with E-state index in [1.165, 1.54) is 19.1 Å². The number of amides is 2. The van der Waals surface area contributed by atoms with Gasteiger partial charge < -0.3 is 14.3 Å². The van der Waals surface area contributed by atoms with Gasteiger partial charge in [0.25, 0.3) is 5.91 Å². The zero-order valence-electron chi connectivity index (χ0n) is 17.6. The largest absolute Gasteiger partial charge is 0.444 e. The van der Waals surface area contributed by atoms with E-state index in [2.05, 4.69) is 0 Å². The summed E-state index contributed by atoms with van der Waals surface area (Å²) < 4.78 is 10.4. The summed E-state index contributed by atoms with van der Waals surface area (Å²) in [6.07, 6.45) is 1.37. The van der Waals surface area contributed by atoms with Gasteiger partial charge in [0.1, 0.15) is 11.6 Å². The van der Waals surface area contributed by atoms with Gasteiger partial charge in [-0.3, -0.25) is 9.69 Å². The Bertz CT molecular complexity index is 525. The van der Waals surface area contributed by atoms with Gasteiger partial charge in [-0.15, -0.1) is 0 Å². The van der Waals surface area contributed by atoms with Crippen LogP contribution in [-0.2, 0) is 23.9 Å². The van der Waals surface area contributed by atoms with Gasteiger partial charge in [0.05, 0.1) is 19.1 Å². The van der Waals surface area contributed by atoms with Crippen molar-refractivity contribution in [3.63, 3.8) is 0 Å². The fourth-order valence-electron chi connectivity index (χ4n) is 2.38. The molecule has 0 radical (unpaired) electrons. The maximum Gasteiger partial charge on any atom is 0.410 e. The molecule has 1 atom stereocenters. The number of methoxy groups -OCH3 is 1. The Morgan fingerprint density at radius 2 is 1.74 bits per heavy atom. The predicted octanol–water partition coefficient (Wildman–Crippen LogP) is 2.61. The molecule has 2 amide bonds. The van der Waals surface area contributed by atoms with Crippen molar-refractivity contribution in [3.8, 4) is 0 Å². The average molecular weight is 386 g/mol. The van der Waals surface area contributed by atoms with E-state index in [9.17, 15) is 14.4 Å². The molecule has 156 valence electrons. The van der Waals surface area contributed by atoms with Crippen LogP contribution in [0.1, 0.15) is 53.9 Å². The van der Waals surface area contributed by atoms with Crippen LogP contribution in [0.3, 0.4) is 0 Å².